The zero-order chi connectivity index (χ0) is 24.9. The van der Waals surface area contributed by atoms with Crippen LogP contribution in [0, 0.1) is 6.92 Å². The average Bonchev–Trinajstić information content (AvgIpc) is 3.07. The smallest absolute Gasteiger partial charge is 0.348 e. The first-order valence-electron chi connectivity index (χ1n) is 10.2. The van der Waals surface area contributed by atoms with Crippen molar-refractivity contribution in [2.45, 2.75) is 46.8 Å². The maximum atomic E-state index is 13.1. The van der Waals surface area contributed by atoms with E-state index in [4.69, 9.17) is 23.7 Å². The highest BCUT2D eigenvalue weighted by atomic mass is 32.1. The van der Waals surface area contributed by atoms with E-state index in [1.54, 1.807) is 34.6 Å². The molecule has 0 aliphatic carbocycles. The molecule has 1 amide bonds. The van der Waals surface area contributed by atoms with Crippen molar-refractivity contribution >= 4 is 34.2 Å². The Bertz CT molecular complexity index is 1020. The van der Waals surface area contributed by atoms with Crippen molar-refractivity contribution in [3.63, 3.8) is 0 Å². The molecule has 0 atom stereocenters. The molecule has 0 aliphatic heterocycles. The second kappa shape index (κ2) is 11.0. The third kappa shape index (κ3) is 5.95. The topological polar surface area (TPSA) is 109 Å². The summed E-state index contributed by atoms with van der Waals surface area (Å²) >= 11 is 0.948. The Morgan fingerprint density at radius 2 is 1.36 bits per heavy atom. The maximum Gasteiger partial charge on any atom is 0.348 e. The molecule has 0 spiro atoms. The molecule has 1 heterocycles. The van der Waals surface area contributed by atoms with Crippen LogP contribution in [0.4, 0.5) is 5.00 Å². The SMILES string of the molecule is COc1cc(C(=O)Nc2sc(C(=O)OC(C)C)c(C)c2C(=O)OC(C)C)cc(OC)c1OC. The summed E-state index contributed by atoms with van der Waals surface area (Å²) in [6.45, 7) is 8.48. The van der Waals surface area contributed by atoms with E-state index in [-0.39, 0.29) is 33.2 Å². The van der Waals surface area contributed by atoms with E-state index in [9.17, 15) is 14.4 Å². The third-order valence-corrected chi connectivity index (χ3v) is 5.56. The molecule has 1 aromatic heterocycles. The Hall–Kier alpha value is -3.27. The van der Waals surface area contributed by atoms with Gasteiger partial charge in [0.1, 0.15) is 9.88 Å². The lowest BCUT2D eigenvalue weighted by Gasteiger charge is -2.14. The van der Waals surface area contributed by atoms with Gasteiger partial charge in [-0.2, -0.15) is 0 Å². The van der Waals surface area contributed by atoms with E-state index in [0.717, 1.165) is 11.3 Å². The molecule has 1 aromatic carbocycles. The highest BCUT2D eigenvalue weighted by Gasteiger charge is 2.29. The van der Waals surface area contributed by atoms with Crippen molar-refractivity contribution in [3.8, 4) is 17.2 Å². The summed E-state index contributed by atoms with van der Waals surface area (Å²) in [7, 11) is 4.33. The average molecular weight is 480 g/mol. The summed E-state index contributed by atoms with van der Waals surface area (Å²) in [5.41, 5.74) is 0.673. The molecule has 2 aromatic rings. The highest BCUT2D eigenvalue weighted by molar-refractivity contribution is 7.18. The molecule has 0 saturated heterocycles. The minimum Gasteiger partial charge on any atom is -0.493 e. The first-order chi connectivity index (χ1) is 15.5. The lowest BCUT2D eigenvalue weighted by molar-refractivity contribution is 0.0378. The number of hydrogen-bond donors (Lipinski definition) is 1. The zero-order valence-electron chi connectivity index (χ0n) is 20.0. The Balaban J connectivity index is 2.52. The molecule has 1 N–H and O–H groups in total. The predicted molar refractivity (Wildman–Crippen MR) is 124 cm³/mol. The summed E-state index contributed by atoms with van der Waals surface area (Å²) in [5.74, 6) is -0.849. The second-order valence-corrected chi connectivity index (χ2v) is 8.56. The summed E-state index contributed by atoms with van der Waals surface area (Å²) in [6, 6.07) is 2.97. The van der Waals surface area contributed by atoms with E-state index >= 15 is 0 Å². The summed E-state index contributed by atoms with van der Waals surface area (Å²) in [6.07, 6.45) is -0.733. The molecular formula is C23H29NO8S. The van der Waals surface area contributed by atoms with Crippen molar-refractivity contribution in [1.29, 1.82) is 0 Å². The number of methoxy groups -OCH3 is 3. The summed E-state index contributed by atoms with van der Waals surface area (Å²) in [5, 5.41) is 2.88. The van der Waals surface area contributed by atoms with Crippen LogP contribution in [0.15, 0.2) is 12.1 Å². The van der Waals surface area contributed by atoms with Crippen LogP contribution >= 0.6 is 11.3 Å². The van der Waals surface area contributed by atoms with Gasteiger partial charge in [0.05, 0.1) is 39.1 Å². The number of nitrogens with one attached hydrogen (secondary N) is 1. The number of thiophene rings is 1. The van der Waals surface area contributed by atoms with E-state index in [2.05, 4.69) is 5.32 Å². The molecule has 9 nitrogen and oxygen atoms in total. The third-order valence-electron chi connectivity index (χ3n) is 4.38. The van der Waals surface area contributed by atoms with Crippen LogP contribution in [0.3, 0.4) is 0 Å². The summed E-state index contributed by atoms with van der Waals surface area (Å²) in [4.78, 5) is 38.6. The van der Waals surface area contributed by atoms with Gasteiger partial charge in [0, 0.05) is 5.56 Å². The maximum absolute atomic E-state index is 13.1. The number of hydrogen-bond acceptors (Lipinski definition) is 9. The molecule has 0 bridgehead atoms. The van der Waals surface area contributed by atoms with Crippen LogP contribution < -0.4 is 19.5 Å². The first kappa shape index (κ1) is 26.0. The van der Waals surface area contributed by atoms with Crippen LogP contribution in [0.1, 0.15) is 63.6 Å². The lowest BCUT2D eigenvalue weighted by Crippen LogP contribution is -2.17. The number of anilines is 1. The van der Waals surface area contributed by atoms with Gasteiger partial charge in [0.2, 0.25) is 5.75 Å². The quantitative estimate of drug-likeness (QED) is 0.525. The Morgan fingerprint density at radius 1 is 0.848 bits per heavy atom. The van der Waals surface area contributed by atoms with Crippen molar-refractivity contribution in [2.24, 2.45) is 0 Å². The van der Waals surface area contributed by atoms with Crippen LogP contribution in [-0.4, -0.2) is 51.4 Å². The van der Waals surface area contributed by atoms with Gasteiger partial charge in [-0.25, -0.2) is 9.59 Å². The van der Waals surface area contributed by atoms with Gasteiger partial charge < -0.3 is 29.0 Å². The lowest BCUT2D eigenvalue weighted by atomic mass is 10.1. The van der Waals surface area contributed by atoms with Gasteiger partial charge in [0.25, 0.3) is 5.91 Å². The minimum atomic E-state index is -0.650. The molecule has 180 valence electrons. The molecule has 33 heavy (non-hydrogen) atoms. The van der Waals surface area contributed by atoms with Gasteiger partial charge in [0.15, 0.2) is 11.5 Å². The Kier molecular flexibility index (Phi) is 8.69. The van der Waals surface area contributed by atoms with E-state index < -0.39 is 17.8 Å². The van der Waals surface area contributed by atoms with Gasteiger partial charge in [-0.1, -0.05) is 0 Å². The molecule has 2 rings (SSSR count). The molecule has 0 aliphatic rings. The summed E-state index contributed by atoms with van der Waals surface area (Å²) < 4.78 is 26.5. The number of carbonyl (C=O) groups excluding carboxylic acids is 3. The molecule has 10 heteroatoms. The molecule has 0 unspecified atom stereocenters. The molecular weight excluding hydrogens is 450 g/mol. The van der Waals surface area contributed by atoms with Crippen molar-refractivity contribution in [1.82, 2.24) is 0 Å². The van der Waals surface area contributed by atoms with Gasteiger partial charge in [-0.15, -0.1) is 11.3 Å². The van der Waals surface area contributed by atoms with Crippen molar-refractivity contribution in [2.75, 3.05) is 26.6 Å². The van der Waals surface area contributed by atoms with Crippen LogP contribution in [0.25, 0.3) is 0 Å². The first-order valence-corrected chi connectivity index (χ1v) is 11.0. The number of esters is 2. The number of ether oxygens (including phenoxy) is 5. The van der Waals surface area contributed by atoms with Gasteiger partial charge in [-0.05, 0) is 52.3 Å². The van der Waals surface area contributed by atoms with E-state index in [1.807, 2.05) is 0 Å². The number of carbonyl (C=O) groups is 3. The fourth-order valence-electron chi connectivity index (χ4n) is 2.97. The van der Waals surface area contributed by atoms with Gasteiger partial charge >= 0.3 is 11.9 Å². The monoisotopic (exact) mass is 479 g/mol. The second-order valence-electron chi connectivity index (χ2n) is 7.54. The normalized spacial score (nSPS) is 10.7. The van der Waals surface area contributed by atoms with Crippen molar-refractivity contribution in [3.05, 3.63) is 33.7 Å². The molecule has 0 radical (unpaired) electrons. The minimum absolute atomic E-state index is 0.102. The fourth-order valence-corrected chi connectivity index (χ4v) is 4.04. The predicted octanol–water partition coefficient (Wildman–Crippen LogP) is 4.47. The fraction of sp³-hybridized carbons (Fsp3) is 0.435. The van der Waals surface area contributed by atoms with E-state index in [1.165, 1.54) is 33.5 Å². The Morgan fingerprint density at radius 3 is 1.82 bits per heavy atom. The van der Waals surface area contributed by atoms with Gasteiger partial charge in [-0.3, -0.25) is 4.79 Å². The zero-order valence-corrected chi connectivity index (χ0v) is 20.8. The number of benzene rings is 1. The standard InChI is InChI=1S/C23H29NO8S/c1-11(2)31-22(26)17-13(5)19(23(27)32-12(3)4)33-21(17)24-20(25)14-9-15(28-6)18(30-8)16(10-14)29-7/h9-12H,1-8H3,(H,24,25). The van der Waals surface area contributed by atoms with Crippen LogP contribution in [-0.2, 0) is 9.47 Å². The largest absolute Gasteiger partial charge is 0.493 e. The number of amides is 1. The van der Waals surface area contributed by atoms with E-state index in [0.29, 0.717) is 22.8 Å². The molecule has 0 fully saturated rings. The number of rotatable bonds is 9. The van der Waals surface area contributed by atoms with Crippen molar-refractivity contribution < 1.29 is 38.1 Å². The van der Waals surface area contributed by atoms with Crippen LogP contribution in [0.5, 0.6) is 17.2 Å². The Labute approximate surface area is 196 Å². The van der Waals surface area contributed by atoms with Crippen LogP contribution in [0.2, 0.25) is 0 Å². The molecule has 0 saturated carbocycles. The highest BCUT2D eigenvalue weighted by Crippen LogP contribution is 2.39.